The Kier molecular flexibility index (Phi) is 12.4. The molecule has 0 aromatic carbocycles. The van der Waals surface area contributed by atoms with E-state index in [1.54, 1.807) is 14.2 Å². The minimum Gasteiger partial charge on any atom is -0.385 e. The van der Waals surface area contributed by atoms with Crippen molar-refractivity contribution in [3.05, 3.63) is 0 Å². The van der Waals surface area contributed by atoms with Crippen LogP contribution in [-0.2, 0) is 9.47 Å². The van der Waals surface area contributed by atoms with Gasteiger partial charge in [-0.3, -0.25) is 9.89 Å². The molecule has 0 aromatic rings. The zero-order valence-electron chi connectivity index (χ0n) is 13.7. The summed E-state index contributed by atoms with van der Waals surface area (Å²) in [6, 6.07) is 0.948. The lowest BCUT2D eigenvalue weighted by Crippen LogP contribution is -2.53. The van der Waals surface area contributed by atoms with Gasteiger partial charge in [-0.25, -0.2) is 0 Å². The third-order valence-corrected chi connectivity index (χ3v) is 3.59. The second-order valence-electron chi connectivity index (χ2n) is 5.24. The Balaban J connectivity index is 0.00000400. The fourth-order valence-electron chi connectivity index (χ4n) is 2.40. The van der Waals surface area contributed by atoms with Gasteiger partial charge in [-0.15, -0.1) is 24.0 Å². The zero-order chi connectivity index (χ0) is 14.8. The molecule has 2 atom stereocenters. The predicted octanol–water partition coefficient (Wildman–Crippen LogP) is 0.915. The van der Waals surface area contributed by atoms with E-state index in [0.717, 1.165) is 51.8 Å². The third-order valence-electron chi connectivity index (χ3n) is 3.59. The van der Waals surface area contributed by atoms with Crippen molar-refractivity contribution >= 4 is 29.9 Å². The van der Waals surface area contributed by atoms with E-state index in [1.165, 1.54) is 0 Å². The molecule has 6 nitrogen and oxygen atoms in total. The summed E-state index contributed by atoms with van der Waals surface area (Å²) in [4.78, 5) is 6.71. The van der Waals surface area contributed by atoms with Crippen LogP contribution in [0.25, 0.3) is 0 Å². The van der Waals surface area contributed by atoms with Gasteiger partial charge in [0.25, 0.3) is 0 Å². The van der Waals surface area contributed by atoms with Crippen molar-refractivity contribution in [1.82, 2.24) is 15.5 Å². The number of ether oxygens (including phenoxy) is 2. The summed E-state index contributed by atoms with van der Waals surface area (Å²) in [5.74, 6) is 0.855. The highest BCUT2D eigenvalue weighted by Crippen LogP contribution is 2.09. The lowest BCUT2D eigenvalue weighted by atomic mass is 10.2. The average Bonchev–Trinajstić information content (AvgIpc) is 2.46. The quantitative estimate of drug-likeness (QED) is 0.281. The molecule has 126 valence electrons. The van der Waals surface area contributed by atoms with Crippen LogP contribution in [0.2, 0.25) is 0 Å². The van der Waals surface area contributed by atoms with E-state index in [4.69, 9.17) is 9.47 Å². The van der Waals surface area contributed by atoms with Gasteiger partial charge < -0.3 is 20.1 Å². The highest BCUT2D eigenvalue weighted by Gasteiger charge is 2.23. The molecule has 0 amide bonds. The van der Waals surface area contributed by atoms with Gasteiger partial charge in [0.15, 0.2) is 5.96 Å². The van der Waals surface area contributed by atoms with Crippen molar-refractivity contribution in [2.45, 2.75) is 32.4 Å². The second kappa shape index (κ2) is 12.4. The van der Waals surface area contributed by atoms with Gasteiger partial charge in [-0.2, -0.15) is 0 Å². The molecule has 0 saturated carbocycles. The maximum Gasteiger partial charge on any atom is 0.191 e. The first kappa shape index (κ1) is 20.9. The summed E-state index contributed by atoms with van der Waals surface area (Å²) in [5.41, 5.74) is 0. The molecule has 1 saturated heterocycles. The number of halogens is 1. The Morgan fingerprint density at radius 1 is 1.48 bits per heavy atom. The number of nitrogens with zero attached hydrogens (tertiary/aromatic N) is 2. The first-order valence-electron chi connectivity index (χ1n) is 7.46. The topological polar surface area (TPSA) is 58.1 Å². The molecule has 21 heavy (non-hydrogen) atoms. The standard InChI is InChI=1S/C14H30N4O2.HI/c1-12(18-7-9-20-11-13(18)2)10-17-14(15-3)16-6-5-8-19-4;/h12-13H,5-11H2,1-4H3,(H2,15,16,17);1H. The van der Waals surface area contributed by atoms with E-state index in [0.29, 0.717) is 12.1 Å². The highest BCUT2D eigenvalue weighted by molar-refractivity contribution is 14.0. The molecule has 1 aliphatic rings. The first-order valence-corrected chi connectivity index (χ1v) is 7.46. The van der Waals surface area contributed by atoms with E-state index >= 15 is 0 Å². The van der Waals surface area contributed by atoms with Crippen LogP contribution >= 0.6 is 24.0 Å². The summed E-state index contributed by atoms with van der Waals surface area (Å²) in [6.07, 6.45) is 0.979. The molecule has 0 aliphatic carbocycles. The molecule has 0 radical (unpaired) electrons. The lowest BCUT2D eigenvalue weighted by molar-refractivity contribution is -0.0174. The van der Waals surface area contributed by atoms with Crippen LogP contribution in [0.4, 0.5) is 0 Å². The average molecular weight is 414 g/mol. The van der Waals surface area contributed by atoms with Gasteiger partial charge in [0.1, 0.15) is 0 Å². The molecule has 1 rings (SSSR count). The van der Waals surface area contributed by atoms with Crippen LogP contribution < -0.4 is 10.6 Å². The van der Waals surface area contributed by atoms with Crippen molar-refractivity contribution in [2.24, 2.45) is 4.99 Å². The molecule has 1 fully saturated rings. The van der Waals surface area contributed by atoms with E-state index in [-0.39, 0.29) is 24.0 Å². The number of aliphatic imine (C=N–C) groups is 1. The van der Waals surface area contributed by atoms with E-state index in [9.17, 15) is 0 Å². The summed E-state index contributed by atoms with van der Waals surface area (Å²) in [5, 5.41) is 6.67. The van der Waals surface area contributed by atoms with Crippen molar-refractivity contribution in [3.8, 4) is 0 Å². The fourth-order valence-corrected chi connectivity index (χ4v) is 2.40. The van der Waals surface area contributed by atoms with Crippen molar-refractivity contribution in [2.75, 3.05) is 53.6 Å². The predicted molar refractivity (Wildman–Crippen MR) is 97.7 cm³/mol. The molecule has 1 aliphatic heterocycles. The third kappa shape index (κ3) is 8.18. The van der Waals surface area contributed by atoms with Crippen LogP contribution in [0.15, 0.2) is 4.99 Å². The lowest BCUT2D eigenvalue weighted by Gasteiger charge is -2.38. The normalized spacial score (nSPS) is 21.5. The van der Waals surface area contributed by atoms with E-state index in [1.807, 2.05) is 0 Å². The van der Waals surface area contributed by atoms with Gasteiger partial charge in [0.05, 0.1) is 13.2 Å². The number of rotatable bonds is 7. The van der Waals surface area contributed by atoms with Crippen LogP contribution in [0.3, 0.4) is 0 Å². The molecule has 0 bridgehead atoms. The molecule has 2 unspecified atom stereocenters. The number of hydrogen-bond acceptors (Lipinski definition) is 4. The Labute approximate surface area is 146 Å². The Morgan fingerprint density at radius 3 is 2.86 bits per heavy atom. The Morgan fingerprint density at radius 2 is 2.24 bits per heavy atom. The van der Waals surface area contributed by atoms with Gasteiger partial charge >= 0.3 is 0 Å². The summed E-state index contributed by atoms with van der Waals surface area (Å²) in [7, 11) is 3.52. The molecule has 0 spiro atoms. The summed E-state index contributed by atoms with van der Waals surface area (Å²) in [6.45, 7) is 9.65. The highest BCUT2D eigenvalue weighted by atomic mass is 127. The van der Waals surface area contributed by atoms with Crippen LogP contribution in [0, 0.1) is 0 Å². The molecule has 0 aromatic heterocycles. The van der Waals surface area contributed by atoms with Crippen molar-refractivity contribution in [1.29, 1.82) is 0 Å². The zero-order valence-corrected chi connectivity index (χ0v) is 16.1. The minimum absolute atomic E-state index is 0. The molecular formula is C14H31IN4O2. The van der Waals surface area contributed by atoms with Crippen LogP contribution in [0.1, 0.15) is 20.3 Å². The monoisotopic (exact) mass is 414 g/mol. The maximum absolute atomic E-state index is 5.47. The number of guanidine groups is 1. The summed E-state index contributed by atoms with van der Waals surface area (Å²) >= 11 is 0. The Bertz CT molecular complexity index is 292. The second-order valence-corrected chi connectivity index (χ2v) is 5.24. The SMILES string of the molecule is CN=C(NCCCOC)NCC(C)N1CCOCC1C.I. The number of morpholine rings is 1. The molecular weight excluding hydrogens is 383 g/mol. The first-order chi connectivity index (χ1) is 9.69. The van der Waals surface area contributed by atoms with E-state index in [2.05, 4.69) is 34.4 Å². The smallest absolute Gasteiger partial charge is 0.191 e. The van der Waals surface area contributed by atoms with Gasteiger partial charge in [0.2, 0.25) is 0 Å². The maximum atomic E-state index is 5.47. The van der Waals surface area contributed by atoms with Crippen LogP contribution in [0.5, 0.6) is 0 Å². The Hall–Kier alpha value is -0.120. The molecule has 7 heteroatoms. The van der Waals surface area contributed by atoms with Crippen LogP contribution in [-0.4, -0.2) is 76.6 Å². The van der Waals surface area contributed by atoms with Gasteiger partial charge in [-0.1, -0.05) is 0 Å². The summed E-state index contributed by atoms with van der Waals surface area (Å²) < 4.78 is 10.5. The van der Waals surface area contributed by atoms with Crippen molar-refractivity contribution < 1.29 is 9.47 Å². The van der Waals surface area contributed by atoms with Gasteiger partial charge in [0, 0.05) is 52.5 Å². The molecule has 1 heterocycles. The number of hydrogen-bond donors (Lipinski definition) is 2. The van der Waals surface area contributed by atoms with E-state index < -0.39 is 0 Å². The number of nitrogens with one attached hydrogen (secondary N) is 2. The largest absolute Gasteiger partial charge is 0.385 e. The van der Waals surface area contributed by atoms with Gasteiger partial charge in [-0.05, 0) is 20.3 Å². The molecule has 2 N–H and O–H groups in total. The number of methoxy groups -OCH3 is 1. The van der Waals surface area contributed by atoms with Crippen molar-refractivity contribution in [3.63, 3.8) is 0 Å². The fraction of sp³-hybridized carbons (Fsp3) is 0.929. The minimum atomic E-state index is 0.